The van der Waals surface area contributed by atoms with E-state index in [1.165, 1.54) is 51.4 Å². The molecule has 3 atom stereocenters. The van der Waals surface area contributed by atoms with E-state index in [1.54, 1.807) is 0 Å². The summed E-state index contributed by atoms with van der Waals surface area (Å²) in [6, 6.07) is 31.8. The molecule has 0 saturated carbocycles. The lowest BCUT2D eigenvalue weighted by Crippen LogP contribution is -2.61. The Morgan fingerprint density at radius 1 is 0.511 bits per heavy atom. The molecule has 0 fully saturated rings. The topological polar surface area (TPSA) is 49.7 Å². The fraction of sp³-hybridized carbons (Fsp3) is 0.591. The fourth-order valence-electron chi connectivity index (χ4n) is 7.54. The first kappa shape index (κ1) is 39.0. The molecular weight excluding hydrogens is 576 g/mol. The Labute approximate surface area is 288 Å². The van der Waals surface area contributed by atoms with Gasteiger partial charge in [0.05, 0.1) is 24.2 Å². The molecule has 0 aliphatic carbocycles. The van der Waals surface area contributed by atoms with Crippen LogP contribution in [0.4, 0.5) is 0 Å². The Morgan fingerprint density at radius 2 is 0.872 bits per heavy atom. The van der Waals surface area contributed by atoms with Crippen LogP contribution in [-0.4, -0.2) is 34.6 Å². The lowest BCUT2D eigenvalue weighted by Gasteiger charge is -2.53. The van der Waals surface area contributed by atoms with E-state index in [1.807, 2.05) is 6.92 Å². The molecule has 0 heterocycles. The smallest absolute Gasteiger partial charge is 0.108 e. The van der Waals surface area contributed by atoms with Gasteiger partial charge >= 0.3 is 0 Å². The third-order valence-electron chi connectivity index (χ3n) is 10.0. The molecule has 3 nitrogen and oxygen atoms in total. The van der Waals surface area contributed by atoms with Crippen molar-refractivity contribution in [2.24, 2.45) is 11.8 Å². The van der Waals surface area contributed by atoms with Gasteiger partial charge in [-0.05, 0) is 48.3 Å². The SMILES string of the molecule is CC(C)CCCCCCCC(OC(C)CO)C(O)(CCCCCCCC(C)C)C(c1ccccc1)(c1ccccc1)c1ccccc1. The number of hydrogen-bond donors (Lipinski definition) is 2. The molecule has 2 N–H and O–H groups in total. The predicted molar refractivity (Wildman–Crippen MR) is 200 cm³/mol. The Morgan fingerprint density at radius 3 is 1.26 bits per heavy atom. The van der Waals surface area contributed by atoms with Crippen LogP contribution in [0.3, 0.4) is 0 Å². The largest absolute Gasteiger partial charge is 0.394 e. The van der Waals surface area contributed by atoms with E-state index in [4.69, 9.17) is 4.74 Å². The van der Waals surface area contributed by atoms with Crippen LogP contribution in [-0.2, 0) is 10.2 Å². The van der Waals surface area contributed by atoms with Gasteiger partial charge in [-0.25, -0.2) is 0 Å². The van der Waals surface area contributed by atoms with Gasteiger partial charge in [-0.1, -0.05) is 196 Å². The van der Waals surface area contributed by atoms with Crippen molar-refractivity contribution < 1.29 is 14.9 Å². The van der Waals surface area contributed by atoms with Crippen LogP contribution in [0.25, 0.3) is 0 Å². The van der Waals surface area contributed by atoms with E-state index < -0.39 is 17.1 Å². The Hall–Kier alpha value is -2.46. The second-order valence-corrected chi connectivity index (χ2v) is 14.8. The summed E-state index contributed by atoms with van der Waals surface area (Å²) in [4.78, 5) is 0. The van der Waals surface area contributed by atoms with Gasteiger partial charge in [0.2, 0.25) is 0 Å². The second-order valence-electron chi connectivity index (χ2n) is 14.8. The average molecular weight is 643 g/mol. The molecular formula is C44H66O3. The van der Waals surface area contributed by atoms with Crippen molar-refractivity contribution in [3.05, 3.63) is 108 Å². The molecule has 3 rings (SSSR count). The first-order chi connectivity index (χ1) is 22.8. The molecule has 3 unspecified atom stereocenters. The predicted octanol–water partition coefficient (Wildman–Crippen LogP) is 11.3. The minimum atomic E-state index is -1.28. The van der Waals surface area contributed by atoms with E-state index in [0.29, 0.717) is 6.42 Å². The van der Waals surface area contributed by atoms with Gasteiger partial charge in [0.15, 0.2) is 0 Å². The first-order valence-electron chi connectivity index (χ1n) is 18.9. The minimum absolute atomic E-state index is 0.0767. The highest BCUT2D eigenvalue weighted by Crippen LogP contribution is 2.52. The van der Waals surface area contributed by atoms with Crippen molar-refractivity contribution in [1.82, 2.24) is 0 Å². The van der Waals surface area contributed by atoms with Gasteiger partial charge in [0.25, 0.3) is 0 Å². The number of unbranched alkanes of at least 4 members (excludes halogenated alkanes) is 8. The quantitative estimate of drug-likeness (QED) is 0.0755. The number of aliphatic hydroxyl groups excluding tert-OH is 1. The molecule has 260 valence electrons. The maximum atomic E-state index is 13.9. The maximum absolute atomic E-state index is 13.9. The highest BCUT2D eigenvalue weighted by atomic mass is 16.5. The van der Waals surface area contributed by atoms with Gasteiger partial charge in [0.1, 0.15) is 5.60 Å². The van der Waals surface area contributed by atoms with Crippen molar-refractivity contribution in [3.63, 3.8) is 0 Å². The molecule has 0 aliphatic rings. The third kappa shape index (κ3) is 11.3. The van der Waals surface area contributed by atoms with E-state index >= 15 is 0 Å². The summed E-state index contributed by atoms with van der Waals surface area (Å²) in [5.74, 6) is 1.49. The van der Waals surface area contributed by atoms with Gasteiger partial charge in [-0.3, -0.25) is 0 Å². The number of aliphatic hydroxyl groups is 2. The van der Waals surface area contributed by atoms with Gasteiger partial charge in [0, 0.05) is 0 Å². The van der Waals surface area contributed by atoms with Crippen molar-refractivity contribution in [2.75, 3.05) is 6.61 Å². The molecule has 47 heavy (non-hydrogen) atoms. The zero-order valence-corrected chi connectivity index (χ0v) is 30.4. The lowest BCUT2D eigenvalue weighted by molar-refractivity contribution is -0.167. The Balaban J connectivity index is 2.10. The van der Waals surface area contributed by atoms with Gasteiger partial charge in [-0.15, -0.1) is 0 Å². The molecule has 0 spiro atoms. The number of hydrogen-bond acceptors (Lipinski definition) is 3. The summed E-state index contributed by atoms with van der Waals surface area (Å²) in [6.07, 6.45) is 14.5. The van der Waals surface area contributed by atoms with Gasteiger partial charge in [-0.2, -0.15) is 0 Å². The van der Waals surface area contributed by atoms with Crippen molar-refractivity contribution >= 4 is 0 Å². The molecule has 3 aromatic rings. The number of ether oxygens (including phenoxy) is 1. The van der Waals surface area contributed by atoms with E-state index in [9.17, 15) is 10.2 Å². The van der Waals surface area contributed by atoms with Crippen molar-refractivity contribution in [1.29, 1.82) is 0 Å². The van der Waals surface area contributed by atoms with E-state index in [2.05, 4.69) is 119 Å². The molecule has 3 aromatic carbocycles. The zero-order chi connectivity index (χ0) is 34.0. The molecule has 0 radical (unpaired) electrons. The normalized spacial score (nSPS) is 14.7. The second kappa shape index (κ2) is 20.8. The van der Waals surface area contributed by atoms with Crippen LogP contribution in [0.15, 0.2) is 91.0 Å². The molecule has 0 amide bonds. The van der Waals surface area contributed by atoms with Crippen molar-refractivity contribution in [3.8, 4) is 0 Å². The fourth-order valence-corrected chi connectivity index (χ4v) is 7.54. The molecule has 0 aromatic heterocycles. The van der Waals surface area contributed by atoms with Crippen LogP contribution in [0.5, 0.6) is 0 Å². The zero-order valence-electron chi connectivity index (χ0n) is 30.4. The number of benzene rings is 3. The first-order valence-corrected chi connectivity index (χ1v) is 18.9. The number of rotatable bonds is 24. The summed E-state index contributed by atoms with van der Waals surface area (Å²) in [7, 11) is 0. The summed E-state index contributed by atoms with van der Waals surface area (Å²) < 4.78 is 6.82. The van der Waals surface area contributed by atoms with E-state index in [0.717, 1.165) is 60.6 Å². The lowest BCUT2D eigenvalue weighted by atomic mass is 9.55. The maximum Gasteiger partial charge on any atom is 0.108 e. The molecule has 0 bridgehead atoms. The monoisotopic (exact) mass is 643 g/mol. The van der Waals surface area contributed by atoms with Crippen LogP contribution in [0, 0.1) is 11.8 Å². The van der Waals surface area contributed by atoms with E-state index in [-0.39, 0.29) is 12.7 Å². The van der Waals surface area contributed by atoms with Gasteiger partial charge < -0.3 is 14.9 Å². The molecule has 0 aliphatic heterocycles. The highest BCUT2D eigenvalue weighted by Gasteiger charge is 2.58. The van der Waals surface area contributed by atoms with Crippen LogP contribution in [0.1, 0.15) is 141 Å². The third-order valence-corrected chi connectivity index (χ3v) is 10.0. The van der Waals surface area contributed by atoms with Crippen LogP contribution < -0.4 is 0 Å². The average Bonchev–Trinajstić information content (AvgIpc) is 3.08. The van der Waals surface area contributed by atoms with Crippen molar-refractivity contribution in [2.45, 2.75) is 148 Å². The summed E-state index contributed by atoms with van der Waals surface area (Å²) in [5.41, 5.74) is 1.03. The Bertz CT molecular complexity index is 1100. The summed E-state index contributed by atoms with van der Waals surface area (Å²) in [6.45, 7) is 11.1. The standard InChI is InChI=1S/C44H66O3/c1-36(2)25-15-8-6-10-23-33-42(47-38(5)35-45)43(46,34-24-11-7-9-16-26-37(3)4)44(39-27-17-12-18-28-39,40-29-19-13-20-30-40)41-31-21-14-22-32-41/h12-14,17-22,27-32,36-38,42,45-46H,6-11,15-16,23-26,33-35H2,1-5H3. The molecule has 3 heteroatoms. The highest BCUT2D eigenvalue weighted by molar-refractivity contribution is 5.54. The minimum Gasteiger partial charge on any atom is -0.394 e. The Kier molecular flexibility index (Phi) is 17.3. The summed E-state index contributed by atoms with van der Waals surface area (Å²) >= 11 is 0. The van der Waals surface area contributed by atoms with Crippen LogP contribution in [0.2, 0.25) is 0 Å². The molecule has 0 saturated heterocycles. The van der Waals surface area contributed by atoms with Crippen LogP contribution >= 0.6 is 0 Å². The summed E-state index contributed by atoms with van der Waals surface area (Å²) in [5, 5.41) is 24.1.